The molecule has 0 saturated carbocycles. The number of carbonyl (C=O) groups excluding carboxylic acids is 1. The maximum absolute atomic E-state index is 11.7. The lowest BCUT2D eigenvalue weighted by molar-refractivity contribution is -0.124. The number of nitrogens with zero attached hydrogens (tertiary/aromatic N) is 1. The molecule has 0 aromatic carbocycles. The van der Waals surface area contributed by atoms with Crippen LogP contribution in [-0.2, 0) is 9.53 Å². The quantitative estimate of drug-likeness (QED) is 0.705. The predicted molar refractivity (Wildman–Crippen MR) is 55.5 cm³/mol. The van der Waals surface area contributed by atoms with E-state index in [1.807, 2.05) is 13.8 Å². The number of hydrogen-bond acceptors (Lipinski definition) is 4. The molecular formula is C11H17NO3. The number of aliphatic hydroxyl groups excluding tert-OH is 1. The van der Waals surface area contributed by atoms with Crippen LogP contribution < -0.4 is 0 Å². The monoisotopic (exact) mass is 211 g/mol. The molecule has 1 aliphatic heterocycles. The zero-order chi connectivity index (χ0) is 11.1. The van der Waals surface area contributed by atoms with Crippen molar-refractivity contribution < 1.29 is 14.6 Å². The van der Waals surface area contributed by atoms with E-state index >= 15 is 0 Å². The summed E-state index contributed by atoms with van der Waals surface area (Å²) in [6.07, 6.45) is 0.637. The van der Waals surface area contributed by atoms with E-state index in [4.69, 9.17) is 4.74 Å². The zero-order valence-corrected chi connectivity index (χ0v) is 9.25. The van der Waals surface area contributed by atoms with Crippen molar-refractivity contribution in [1.29, 1.82) is 0 Å². The van der Waals surface area contributed by atoms with Gasteiger partial charge in [-0.25, -0.2) is 0 Å². The molecule has 84 valence electrons. The first-order chi connectivity index (χ1) is 7.02. The SMILES string of the molecule is CC1(C)CC(N2CCOCC2)=C(O)C1=O. The van der Waals surface area contributed by atoms with Crippen molar-refractivity contribution in [3.63, 3.8) is 0 Å². The van der Waals surface area contributed by atoms with Crippen LogP contribution in [0.1, 0.15) is 20.3 Å². The van der Waals surface area contributed by atoms with E-state index in [0.717, 1.165) is 18.8 Å². The Morgan fingerprint density at radius 2 is 1.93 bits per heavy atom. The van der Waals surface area contributed by atoms with Crippen LogP contribution in [0, 0.1) is 5.41 Å². The molecular weight excluding hydrogens is 194 g/mol. The Morgan fingerprint density at radius 3 is 2.40 bits per heavy atom. The van der Waals surface area contributed by atoms with Crippen LogP contribution >= 0.6 is 0 Å². The van der Waals surface area contributed by atoms with Gasteiger partial charge in [0, 0.05) is 24.9 Å². The summed E-state index contributed by atoms with van der Waals surface area (Å²) in [7, 11) is 0. The van der Waals surface area contributed by atoms with Gasteiger partial charge < -0.3 is 14.7 Å². The molecule has 1 heterocycles. The summed E-state index contributed by atoms with van der Waals surface area (Å²) in [5.74, 6) is -0.175. The Hall–Kier alpha value is -1.03. The topological polar surface area (TPSA) is 49.8 Å². The molecule has 2 rings (SSSR count). The van der Waals surface area contributed by atoms with Crippen molar-refractivity contribution in [2.24, 2.45) is 5.41 Å². The Labute approximate surface area is 89.5 Å². The van der Waals surface area contributed by atoms with Crippen LogP contribution in [0.3, 0.4) is 0 Å². The molecule has 0 aromatic heterocycles. The first-order valence-corrected chi connectivity index (χ1v) is 5.32. The highest BCUT2D eigenvalue weighted by Gasteiger charge is 2.41. The Balaban J connectivity index is 2.19. The molecule has 0 bridgehead atoms. The maximum atomic E-state index is 11.7. The Bertz CT molecular complexity index is 314. The van der Waals surface area contributed by atoms with Crippen LogP contribution in [0.2, 0.25) is 0 Å². The van der Waals surface area contributed by atoms with Crippen molar-refractivity contribution in [2.45, 2.75) is 20.3 Å². The second-order valence-corrected chi connectivity index (χ2v) is 4.78. The van der Waals surface area contributed by atoms with E-state index in [2.05, 4.69) is 4.90 Å². The number of allylic oxidation sites excluding steroid dienone is 2. The number of carbonyl (C=O) groups is 1. The fourth-order valence-electron chi connectivity index (χ4n) is 2.13. The van der Waals surface area contributed by atoms with Gasteiger partial charge in [0.15, 0.2) is 5.76 Å². The Morgan fingerprint density at radius 1 is 1.33 bits per heavy atom. The first kappa shape index (κ1) is 10.5. The van der Waals surface area contributed by atoms with Crippen molar-refractivity contribution >= 4 is 5.78 Å². The third kappa shape index (κ3) is 1.74. The summed E-state index contributed by atoms with van der Waals surface area (Å²) in [4.78, 5) is 13.8. The number of rotatable bonds is 1. The number of ketones is 1. The smallest absolute Gasteiger partial charge is 0.204 e. The van der Waals surface area contributed by atoms with Crippen LogP contribution in [-0.4, -0.2) is 42.1 Å². The third-order valence-corrected chi connectivity index (χ3v) is 3.11. The van der Waals surface area contributed by atoms with E-state index in [1.165, 1.54) is 0 Å². The molecule has 1 aliphatic carbocycles. The lowest BCUT2D eigenvalue weighted by Gasteiger charge is -2.30. The van der Waals surface area contributed by atoms with Gasteiger partial charge in [-0.1, -0.05) is 13.8 Å². The minimum Gasteiger partial charge on any atom is -0.503 e. The lowest BCUT2D eigenvalue weighted by Crippen LogP contribution is -2.36. The number of aliphatic hydroxyl groups is 1. The third-order valence-electron chi connectivity index (χ3n) is 3.11. The molecule has 0 amide bonds. The van der Waals surface area contributed by atoms with Crippen LogP contribution in [0.4, 0.5) is 0 Å². The number of ether oxygens (including phenoxy) is 1. The highest BCUT2D eigenvalue weighted by atomic mass is 16.5. The van der Waals surface area contributed by atoms with Gasteiger partial charge in [-0.15, -0.1) is 0 Å². The molecule has 0 unspecified atom stereocenters. The minimum absolute atomic E-state index is 0.0399. The Kier molecular flexibility index (Phi) is 2.46. The molecule has 1 saturated heterocycles. The zero-order valence-electron chi connectivity index (χ0n) is 9.25. The molecule has 4 heteroatoms. The van der Waals surface area contributed by atoms with Crippen LogP contribution in [0.5, 0.6) is 0 Å². The average molecular weight is 211 g/mol. The van der Waals surface area contributed by atoms with Gasteiger partial charge in [-0.2, -0.15) is 0 Å². The molecule has 4 nitrogen and oxygen atoms in total. The van der Waals surface area contributed by atoms with E-state index in [1.54, 1.807) is 0 Å². The molecule has 1 fully saturated rings. The summed E-state index contributed by atoms with van der Waals surface area (Å²) in [6.45, 7) is 6.63. The second kappa shape index (κ2) is 3.52. The molecule has 15 heavy (non-hydrogen) atoms. The fraction of sp³-hybridized carbons (Fsp3) is 0.727. The summed E-state index contributed by atoms with van der Waals surface area (Å²) < 4.78 is 5.24. The highest BCUT2D eigenvalue weighted by Crippen LogP contribution is 2.38. The van der Waals surface area contributed by atoms with Gasteiger partial charge in [0.05, 0.1) is 18.9 Å². The van der Waals surface area contributed by atoms with Crippen molar-refractivity contribution in [3.05, 3.63) is 11.5 Å². The summed E-state index contributed by atoms with van der Waals surface area (Å²) >= 11 is 0. The first-order valence-electron chi connectivity index (χ1n) is 5.32. The average Bonchev–Trinajstić information content (AvgIpc) is 2.44. The lowest BCUT2D eigenvalue weighted by atomic mass is 9.89. The summed E-state index contributed by atoms with van der Waals surface area (Å²) in [6, 6.07) is 0. The number of morpholine rings is 1. The molecule has 0 aromatic rings. The fourth-order valence-corrected chi connectivity index (χ4v) is 2.13. The highest BCUT2D eigenvalue weighted by molar-refractivity contribution is 6.00. The van der Waals surface area contributed by atoms with Crippen LogP contribution in [0.25, 0.3) is 0 Å². The van der Waals surface area contributed by atoms with E-state index in [0.29, 0.717) is 19.6 Å². The number of Topliss-reactive ketones (excluding diaryl/α,β-unsaturated/α-hetero) is 1. The van der Waals surface area contributed by atoms with Crippen molar-refractivity contribution in [1.82, 2.24) is 4.90 Å². The van der Waals surface area contributed by atoms with Crippen molar-refractivity contribution in [3.8, 4) is 0 Å². The van der Waals surface area contributed by atoms with Gasteiger partial charge in [-0.05, 0) is 0 Å². The van der Waals surface area contributed by atoms with E-state index in [-0.39, 0.29) is 11.5 Å². The van der Waals surface area contributed by atoms with Gasteiger partial charge >= 0.3 is 0 Å². The van der Waals surface area contributed by atoms with Crippen LogP contribution in [0.15, 0.2) is 11.5 Å². The van der Waals surface area contributed by atoms with Crippen molar-refractivity contribution in [2.75, 3.05) is 26.3 Å². The van der Waals surface area contributed by atoms with Gasteiger partial charge in [0.25, 0.3) is 0 Å². The second-order valence-electron chi connectivity index (χ2n) is 4.78. The summed E-state index contributed by atoms with van der Waals surface area (Å²) in [5, 5.41) is 9.79. The standard InChI is InChI=1S/C11H17NO3/c1-11(2)7-8(9(13)10(11)14)12-3-5-15-6-4-12/h13H,3-7H2,1-2H3. The largest absolute Gasteiger partial charge is 0.503 e. The summed E-state index contributed by atoms with van der Waals surface area (Å²) in [5.41, 5.74) is 0.353. The molecule has 0 atom stereocenters. The maximum Gasteiger partial charge on any atom is 0.204 e. The molecule has 0 spiro atoms. The molecule has 1 N–H and O–H groups in total. The normalized spacial score (nSPS) is 26.3. The van der Waals surface area contributed by atoms with Gasteiger partial charge in [0.1, 0.15) is 0 Å². The number of hydrogen-bond donors (Lipinski definition) is 1. The van der Waals surface area contributed by atoms with E-state index in [9.17, 15) is 9.90 Å². The van der Waals surface area contributed by atoms with Gasteiger partial charge in [-0.3, -0.25) is 4.79 Å². The van der Waals surface area contributed by atoms with E-state index < -0.39 is 5.41 Å². The predicted octanol–water partition coefficient (Wildman–Crippen LogP) is 1.09. The van der Waals surface area contributed by atoms with Gasteiger partial charge in [0.2, 0.25) is 5.78 Å². The minimum atomic E-state index is -0.447. The molecule has 2 aliphatic rings. The molecule has 0 radical (unpaired) electrons.